The zero-order chi connectivity index (χ0) is 24.5. The van der Waals surface area contributed by atoms with Gasteiger partial charge in [-0.25, -0.2) is 0 Å². The summed E-state index contributed by atoms with van der Waals surface area (Å²) in [5.41, 5.74) is 12.6. The molecule has 2 aromatic carbocycles. The van der Waals surface area contributed by atoms with Gasteiger partial charge in [-0.15, -0.1) is 5.54 Å². The second kappa shape index (κ2) is 9.36. The maximum atomic E-state index is 13.4. The summed E-state index contributed by atoms with van der Waals surface area (Å²) in [5, 5.41) is 0. The molecule has 0 amide bonds. The first kappa shape index (κ1) is 23.6. The van der Waals surface area contributed by atoms with E-state index in [9.17, 15) is 4.79 Å². The molecule has 34 heavy (non-hydrogen) atoms. The van der Waals surface area contributed by atoms with Crippen molar-refractivity contribution >= 4 is 13.9 Å². The fourth-order valence-corrected chi connectivity index (χ4v) is 5.03. The highest BCUT2D eigenvalue weighted by molar-refractivity contribution is 6.83. The van der Waals surface area contributed by atoms with Gasteiger partial charge in [0.25, 0.3) is 0 Å². The molecule has 4 aromatic rings. The van der Waals surface area contributed by atoms with E-state index in [2.05, 4.69) is 80.0 Å². The molecule has 4 rings (SSSR count). The SMILES string of the molecule is Cc1cc(C)c(C(c2ccc[nH]2)c2ccc(C(=O)c3cccc(C#C[Si](C)(C)C)c3)[nH]2)c(C)c1. The lowest BCUT2D eigenvalue weighted by molar-refractivity contribution is 0.103. The van der Waals surface area contributed by atoms with Crippen LogP contribution in [0.5, 0.6) is 0 Å². The molecule has 0 saturated carbocycles. The number of rotatable bonds is 5. The second-order valence-electron chi connectivity index (χ2n) is 10.1. The van der Waals surface area contributed by atoms with Gasteiger partial charge in [-0.05, 0) is 73.9 Å². The molecule has 1 unspecified atom stereocenters. The number of aromatic amines is 2. The van der Waals surface area contributed by atoms with Gasteiger partial charge < -0.3 is 9.97 Å². The molecule has 3 nitrogen and oxygen atoms in total. The summed E-state index contributed by atoms with van der Waals surface area (Å²) < 4.78 is 0. The lowest BCUT2D eigenvalue weighted by Gasteiger charge is -2.21. The van der Waals surface area contributed by atoms with Crippen LogP contribution in [0.2, 0.25) is 19.6 Å². The summed E-state index contributed by atoms with van der Waals surface area (Å²) >= 11 is 0. The molecule has 4 heteroatoms. The van der Waals surface area contributed by atoms with Gasteiger partial charge in [0, 0.05) is 28.7 Å². The van der Waals surface area contributed by atoms with E-state index in [0.29, 0.717) is 11.3 Å². The highest BCUT2D eigenvalue weighted by Gasteiger charge is 2.24. The quantitative estimate of drug-likeness (QED) is 0.188. The largest absolute Gasteiger partial charge is 0.364 e. The van der Waals surface area contributed by atoms with Crippen LogP contribution in [0.15, 0.2) is 66.9 Å². The van der Waals surface area contributed by atoms with Gasteiger partial charge in [-0.1, -0.05) is 55.4 Å². The Hall–Kier alpha value is -3.55. The zero-order valence-electron chi connectivity index (χ0n) is 20.8. The Labute approximate surface area is 203 Å². The molecule has 0 aliphatic carbocycles. The summed E-state index contributed by atoms with van der Waals surface area (Å²) in [4.78, 5) is 20.2. The highest BCUT2D eigenvalue weighted by atomic mass is 28.3. The molecule has 1 atom stereocenters. The number of H-pyrrole nitrogens is 2. The monoisotopic (exact) mass is 464 g/mol. The topological polar surface area (TPSA) is 48.6 Å². The first-order valence-corrected chi connectivity index (χ1v) is 15.2. The van der Waals surface area contributed by atoms with Crippen LogP contribution >= 0.6 is 0 Å². The Morgan fingerprint density at radius 2 is 1.62 bits per heavy atom. The van der Waals surface area contributed by atoms with Crippen LogP contribution in [0.4, 0.5) is 0 Å². The number of aromatic nitrogens is 2. The Bertz CT molecular complexity index is 1370. The molecule has 0 aliphatic rings. The van der Waals surface area contributed by atoms with E-state index in [4.69, 9.17) is 0 Å². The minimum absolute atomic E-state index is 0.00825. The van der Waals surface area contributed by atoms with Gasteiger partial charge in [-0.2, -0.15) is 0 Å². The molecule has 0 fully saturated rings. The molecular weight excluding hydrogens is 432 g/mol. The van der Waals surface area contributed by atoms with Crippen LogP contribution < -0.4 is 0 Å². The average molecular weight is 465 g/mol. The summed E-state index contributed by atoms with van der Waals surface area (Å²) in [5.74, 6) is 3.23. The smallest absolute Gasteiger partial charge is 0.209 e. The lowest BCUT2D eigenvalue weighted by atomic mass is 9.85. The van der Waals surface area contributed by atoms with E-state index in [1.165, 1.54) is 22.3 Å². The first-order valence-electron chi connectivity index (χ1n) is 11.7. The van der Waals surface area contributed by atoms with Crippen LogP contribution in [0, 0.1) is 32.2 Å². The summed E-state index contributed by atoms with van der Waals surface area (Å²) in [6.07, 6.45) is 1.95. The predicted octanol–water partition coefficient (Wildman–Crippen LogP) is 6.91. The Kier molecular flexibility index (Phi) is 6.50. The highest BCUT2D eigenvalue weighted by Crippen LogP contribution is 2.35. The number of hydrogen-bond acceptors (Lipinski definition) is 1. The van der Waals surface area contributed by atoms with Gasteiger partial charge >= 0.3 is 0 Å². The number of nitrogens with one attached hydrogen (secondary N) is 2. The van der Waals surface area contributed by atoms with Gasteiger partial charge in [0.1, 0.15) is 8.07 Å². The summed E-state index contributed by atoms with van der Waals surface area (Å²) in [6.45, 7) is 13.1. The standard InChI is InChI=1S/C30H32N2OSi/c1-20-17-21(2)28(22(3)18-20)29(25-11-8-15-31-25)26-12-13-27(32-26)30(33)24-10-7-9-23(19-24)14-16-34(4,5)6/h7-13,15,17-19,29,31-32H,1-6H3. The molecule has 0 bridgehead atoms. The van der Waals surface area contributed by atoms with Crippen LogP contribution in [-0.2, 0) is 0 Å². The minimum atomic E-state index is -1.48. The molecule has 2 aromatic heterocycles. The molecule has 0 radical (unpaired) electrons. The molecule has 0 aliphatic heterocycles. The number of aryl methyl sites for hydroxylation is 3. The van der Waals surface area contributed by atoms with Crippen LogP contribution in [0.1, 0.15) is 61.2 Å². The second-order valence-corrected chi connectivity index (χ2v) is 14.9. The Morgan fingerprint density at radius 1 is 0.882 bits per heavy atom. The van der Waals surface area contributed by atoms with Gasteiger partial charge in [0.2, 0.25) is 5.78 Å². The minimum Gasteiger partial charge on any atom is -0.364 e. The summed E-state index contributed by atoms with van der Waals surface area (Å²) in [6, 6.07) is 20.1. The number of ketones is 1. The maximum absolute atomic E-state index is 13.4. The zero-order valence-corrected chi connectivity index (χ0v) is 21.8. The van der Waals surface area contributed by atoms with E-state index < -0.39 is 8.07 Å². The van der Waals surface area contributed by atoms with E-state index in [0.717, 1.165) is 17.0 Å². The number of carbonyl (C=O) groups excluding carboxylic acids is 1. The molecule has 2 N–H and O–H groups in total. The third kappa shape index (κ3) is 5.16. The fourth-order valence-electron chi connectivity index (χ4n) is 4.52. The molecule has 2 heterocycles. The van der Waals surface area contributed by atoms with Gasteiger partial charge in [-0.3, -0.25) is 4.79 Å². The Morgan fingerprint density at radius 3 is 2.26 bits per heavy atom. The average Bonchev–Trinajstić information content (AvgIpc) is 3.46. The van der Waals surface area contributed by atoms with E-state index in [1.54, 1.807) is 0 Å². The third-order valence-corrected chi connectivity index (χ3v) is 6.81. The molecule has 0 spiro atoms. The van der Waals surface area contributed by atoms with Crippen molar-refractivity contribution in [3.63, 3.8) is 0 Å². The first-order chi connectivity index (χ1) is 16.1. The van der Waals surface area contributed by atoms with Gasteiger partial charge in [0.15, 0.2) is 0 Å². The molecule has 172 valence electrons. The summed E-state index contributed by atoms with van der Waals surface area (Å²) in [7, 11) is -1.48. The predicted molar refractivity (Wildman–Crippen MR) is 143 cm³/mol. The van der Waals surface area contributed by atoms with E-state index >= 15 is 0 Å². The number of hydrogen-bond donors (Lipinski definition) is 2. The van der Waals surface area contributed by atoms with Crippen molar-refractivity contribution in [3.8, 4) is 11.5 Å². The number of carbonyl (C=O) groups is 1. The van der Waals surface area contributed by atoms with Crippen molar-refractivity contribution in [1.29, 1.82) is 0 Å². The van der Waals surface area contributed by atoms with Crippen molar-refractivity contribution < 1.29 is 4.79 Å². The maximum Gasteiger partial charge on any atom is 0.209 e. The van der Waals surface area contributed by atoms with Crippen LogP contribution in [0.25, 0.3) is 0 Å². The van der Waals surface area contributed by atoms with Crippen molar-refractivity contribution in [2.75, 3.05) is 0 Å². The fraction of sp³-hybridized carbons (Fsp3) is 0.233. The third-order valence-electron chi connectivity index (χ3n) is 5.93. The number of benzene rings is 2. The van der Waals surface area contributed by atoms with E-state index in [1.807, 2.05) is 48.7 Å². The normalized spacial score (nSPS) is 12.2. The van der Waals surface area contributed by atoms with E-state index in [-0.39, 0.29) is 11.7 Å². The van der Waals surface area contributed by atoms with Crippen molar-refractivity contribution in [1.82, 2.24) is 9.97 Å². The van der Waals surface area contributed by atoms with Crippen molar-refractivity contribution in [2.45, 2.75) is 46.3 Å². The molecule has 0 saturated heterocycles. The molecular formula is C30H32N2OSi. The van der Waals surface area contributed by atoms with Crippen LogP contribution in [-0.4, -0.2) is 23.8 Å². The van der Waals surface area contributed by atoms with Gasteiger partial charge in [0.05, 0.1) is 11.6 Å². The van der Waals surface area contributed by atoms with Crippen LogP contribution in [0.3, 0.4) is 0 Å². The lowest BCUT2D eigenvalue weighted by Crippen LogP contribution is -2.16. The van der Waals surface area contributed by atoms with Crippen molar-refractivity contribution in [3.05, 3.63) is 117 Å². The Balaban J connectivity index is 1.72. The van der Waals surface area contributed by atoms with Crippen molar-refractivity contribution in [2.24, 2.45) is 0 Å².